The minimum Gasteiger partial charge on any atom is -0.396 e. The Labute approximate surface area is 126 Å². The summed E-state index contributed by atoms with van der Waals surface area (Å²) >= 11 is 0. The van der Waals surface area contributed by atoms with Crippen molar-refractivity contribution in [3.8, 4) is 0 Å². The molecule has 8 heteroatoms. The first-order valence-corrected chi connectivity index (χ1v) is 6.77. The van der Waals surface area contributed by atoms with Crippen LogP contribution in [-0.4, -0.2) is 34.7 Å². The highest BCUT2D eigenvalue weighted by Gasteiger charge is 2.18. The third-order valence-electron chi connectivity index (χ3n) is 2.82. The lowest BCUT2D eigenvalue weighted by Gasteiger charge is -2.19. The van der Waals surface area contributed by atoms with E-state index in [1.807, 2.05) is 20.8 Å². The van der Waals surface area contributed by atoms with Crippen LogP contribution in [0.4, 0.5) is 10.1 Å². The number of amides is 1. The van der Waals surface area contributed by atoms with Crippen molar-refractivity contribution in [2.24, 2.45) is 0 Å². The lowest BCUT2D eigenvalue weighted by molar-refractivity contribution is -0.0511. The van der Waals surface area contributed by atoms with E-state index in [1.165, 1.54) is 12.4 Å². The summed E-state index contributed by atoms with van der Waals surface area (Å²) in [6, 6.07) is 1.42. The fourth-order valence-electron chi connectivity index (χ4n) is 1.81. The Morgan fingerprint density at radius 2 is 2.18 bits per heavy atom. The highest BCUT2D eigenvalue weighted by molar-refractivity contribution is 6.02. The highest BCUT2D eigenvalue weighted by Crippen LogP contribution is 2.24. The van der Waals surface area contributed by atoms with E-state index in [0.29, 0.717) is 12.1 Å². The molecule has 0 atom stereocenters. The van der Waals surface area contributed by atoms with E-state index in [2.05, 4.69) is 15.4 Å². The largest absolute Gasteiger partial charge is 0.396 e. The minimum atomic E-state index is -0.736. The number of aromatic nitrogens is 2. The van der Waals surface area contributed by atoms with Crippen molar-refractivity contribution in [2.45, 2.75) is 26.4 Å². The second kappa shape index (κ2) is 6.29. The highest BCUT2D eigenvalue weighted by atomic mass is 19.1. The van der Waals surface area contributed by atoms with Gasteiger partial charge in [-0.25, -0.2) is 14.9 Å². The van der Waals surface area contributed by atoms with Gasteiger partial charge < -0.3 is 15.5 Å². The molecule has 1 aromatic carbocycles. The second-order valence-corrected chi connectivity index (χ2v) is 5.69. The maximum absolute atomic E-state index is 14.0. The van der Waals surface area contributed by atoms with Crippen molar-refractivity contribution in [2.75, 3.05) is 18.9 Å². The third-order valence-corrected chi connectivity index (χ3v) is 2.82. The predicted octanol–water partition coefficient (Wildman–Crippen LogP) is 1.76. The van der Waals surface area contributed by atoms with Gasteiger partial charge in [0.15, 0.2) is 5.82 Å². The number of rotatable bonds is 5. The first-order chi connectivity index (χ1) is 10.3. The molecule has 7 nitrogen and oxygen atoms in total. The zero-order valence-corrected chi connectivity index (χ0v) is 12.7. The Morgan fingerprint density at radius 1 is 1.45 bits per heavy atom. The van der Waals surface area contributed by atoms with Crippen molar-refractivity contribution in [3.05, 3.63) is 23.8 Å². The number of carbonyl (C=O) groups is 1. The molecule has 4 N–H and O–H groups in total. The van der Waals surface area contributed by atoms with Crippen molar-refractivity contribution in [3.63, 3.8) is 0 Å². The Hall–Kier alpha value is -2.19. The molecule has 22 heavy (non-hydrogen) atoms. The van der Waals surface area contributed by atoms with Gasteiger partial charge in [0.1, 0.15) is 5.52 Å². The SMILES string of the molecule is CC(C)(C)OCCONC(=O)c1cc2[nH]cnc2c(F)c1N. The zero-order valence-electron chi connectivity index (χ0n) is 12.7. The monoisotopic (exact) mass is 310 g/mol. The van der Waals surface area contributed by atoms with Crippen LogP contribution in [0.5, 0.6) is 0 Å². The van der Waals surface area contributed by atoms with Gasteiger partial charge in [-0.1, -0.05) is 0 Å². The maximum Gasteiger partial charge on any atom is 0.277 e. The summed E-state index contributed by atoms with van der Waals surface area (Å²) in [5.74, 6) is -1.37. The molecule has 0 saturated carbocycles. The molecule has 0 unspecified atom stereocenters. The smallest absolute Gasteiger partial charge is 0.277 e. The summed E-state index contributed by atoms with van der Waals surface area (Å²) in [5, 5.41) is 0. The lowest BCUT2D eigenvalue weighted by Crippen LogP contribution is -2.28. The number of nitrogens with one attached hydrogen (secondary N) is 2. The van der Waals surface area contributed by atoms with Gasteiger partial charge in [-0.15, -0.1) is 0 Å². The van der Waals surface area contributed by atoms with E-state index >= 15 is 0 Å². The molecule has 0 aliphatic rings. The lowest BCUT2D eigenvalue weighted by atomic mass is 10.1. The zero-order chi connectivity index (χ0) is 16.3. The van der Waals surface area contributed by atoms with Crippen LogP contribution < -0.4 is 11.2 Å². The number of nitrogens with two attached hydrogens (primary N) is 1. The number of hydrogen-bond donors (Lipinski definition) is 3. The number of aromatic amines is 1. The van der Waals surface area contributed by atoms with E-state index in [1.54, 1.807) is 0 Å². The van der Waals surface area contributed by atoms with Crippen LogP contribution in [0.25, 0.3) is 11.0 Å². The number of hydrogen-bond acceptors (Lipinski definition) is 5. The van der Waals surface area contributed by atoms with Gasteiger partial charge in [-0.05, 0) is 26.8 Å². The number of nitrogens with zero attached hydrogens (tertiary/aromatic N) is 1. The van der Waals surface area contributed by atoms with E-state index in [4.69, 9.17) is 15.3 Å². The normalized spacial score (nSPS) is 11.8. The molecule has 2 rings (SSSR count). The number of anilines is 1. The Kier molecular flexibility index (Phi) is 4.62. The predicted molar refractivity (Wildman–Crippen MR) is 79.6 cm³/mol. The molecule has 0 aliphatic heterocycles. The number of halogens is 1. The van der Waals surface area contributed by atoms with Gasteiger partial charge in [0.05, 0.1) is 41.9 Å². The Balaban J connectivity index is 1.97. The van der Waals surface area contributed by atoms with Gasteiger partial charge >= 0.3 is 0 Å². The summed E-state index contributed by atoms with van der Waals surface area (Å²) in [5.41, 5.74) is 7.73. The van der Waals surface area contributed by atoms with Gasteiger partial charge in [-0.3, -0.25) is 9.63 Å². The summed E-state index contributed by atoms with van der Waals surface area (Å²) in [7, 11) is 0. The van der Waals surface area contributed by atoms with Gasteiger partial charge in [0.2, 0.25) is 0 Å². The van der Waals surface area contributed by atoms with E-state index in [-0.39, 0.29) is 29.0 Å². The quantitative estimate of drug-likeness (QED) is 0.444. The van der Waals surface area contributed by atoms with Crippen LogP contribution in [0.2, 0.25) is 0 Å². The minimum absolute atomic E-state index is 0.0222. The molecule has 1 aromatic heterocycles. The topological polar surface area (TPSA) is 102 Å². The summed E-state index contributed by atoms with van der Waals surface area (Å²) in [4.78, 5) is 23.5. The molecule has 120 valence electrons. The molecule has 0 radical (unpaired) electrons. The molecule has 1 amide bonds. The second-order valence-electron chi connectivity index (χ2n) is 5.69. The van der Waals surface area contributed by atoms with Gasteiger partial charge in [0.25, 0.3) is 5.91 Å². The molecule has 0 saturated heterocycles. The van der Waals surface area contributed by atoms with Crippen LogP contribution in [0, 0.1) is 5.82 Å². The number of hydroxylamine groups is 1. The van der Waals surface area contributed by atoms with Crippen LogP contribution in [0.1, 0.15) is 31.1 Å². The number of fused-ring (bicyclic) bond motifs is 1. The van der Waals surface area contributed by atoms with Crippen LogP contribution in [0.3, 0.4) is 0 Å². The summed E-state index contributed by atoms with van der Waals surface area (Å²) in [6.07, 6.45) is 1.33. The fourth-order valence-corrected chi connectivity index (χ4v) is 1.81. The molecule has 0 spiro atoms. The van der Waals surface area contributed by atoms with Crippen molar-refractivity contribution in [1.29, 1.82) is 0 Å². The number of ether oxygens (including phenoxy) is 1. The number of nitrogen functional groups attached to an aromatic ring is 1. The third kappa shape index (κ3) is 3.71. The van der Waals surface area contributed by atoms with Crippen molar-refractivity contribution < 1.29 is 18.8 Å². The van der Waals surface area contributed by atoms with E-state index < -0.39 is 11.7 Å². The van der Waals surface area contributed by atoms with Crippen LogP contribution >= 0.6 is 0 Å². The van der Waals surface area contributed by atoms with Gasteiger partial charge in [-0.2, -0.15) is 0 Å². The van der Waals surface area contributed by atoms with Crippen LogP contribution in [0.15, 0.2) is 12.4 Å². The van der Waals surface area contributed by atoms with Gasteiger partial charge in [0, 0.05) is 0 Å². The fraction of sp³-hybridized carbons (Fsp3) is 0.429. The molecule has 0 aliphatic carbocycles. The number of carbonyl (C=O) groups excluding carboxylic acids is 1. The maximum atomic E-state index is 14.0. The summed E-state index contributed by atoms with van der Waals surface area (Å²) in [6.45, 7) is 6.21. The Bertz CT molecular complexity index is 679. The molecule has 0 bridgehead atoms. The molecular formula is C14H19FN4O3. The average Bonchev–Trinajstić information content (AvgIpc) is 2.89. The standard InChI is InChI=1S/C14H19FN4O3/c1-14(2,3)21-4-5-22-19-13(20)8-6-9-12(18-7-17-9)10(15)11(8)16/h6-7H,4-5,16H2,1-3H3,(H,17,18)(H,19,20). The molecule has 0 fully saturated rings. The first kappa shape index (κ1) is 16.2. The molecule has 2 aromatic rings. The van der Waals surface area contributed by atoms with E-state index in [9.17, 15) is 9.18 Å². The van der Waals surface area contributed by atoms with Crippen LogP contribution in [-0.2, 0) is 9.57 Å². The number of imidazole rings is 1. The van der Waals surface area contributed by atoms with Crippen molar-refractivity contribution in [1.82, 2.24) is 15.4 Å². The average molecular weight is 310 g/mol. The summed E-state index contributed by atoms with van der Waals surface area (Å²) < 4.78 is 19.4. The number of benzene rings is 1. The molecule has 1 heterocycles. The first-order valence-electron chi connectivity index (χ1n) is 6.77. The Morgan fingerprint density at radius 3 is 2.86 bits per heavy atom. The van der Waals surface area contributed by atoms with Crippen molar-refractivity contribution >= 4 is 22.6 Å². The number of H-pyrrole nitrogens is 1. The van der Waals surface area contributed by atoms with E-state index in [0.717, 1.165) is 0 Å². The molecular weight excluding hydrogens is 291 g/mol.